The Balaban J connectivity index is 1.81. The van der Waals surface area contributed by atoms with E-state index in [2.05, 4.69) is 48.5 Å². The molecule has 1 fully saturated rings. The van der Waals surface area contributed by atoms with Crippen LogP contribution < -0.4 is 15.0 Å². The van der Waals surface area contributed by atoms with E-state index in [1.54, 1.807) is 11.8 Å². The lowest BCUT2D eigenvalue weighted by Crippen LogP contribution is -2.35. The smallest absolute Gasteiger partial charge is 0.228 e. The van der Waals surface area contributed by atoms with E-state index in [1.165, 1.54) is 4.90 Å². The molecule has 3 rings (SSSR count). The summed E-state index contributed by atoms with van der Waals surface area (Å²) in [6, 6.07) is 14.6. The molecule has 1 aliphatic heterocycles. The minimum Gasteiger partial charge on any atom is -0.457 e. The highest BCUT2D eigenvalue weighted by Crippen LogP contribution is 2.31. The molecule has 0 spiro atoms. The first-order valence-electron chi connectivity index (χ1n) is 10.2. The van der Waals surface area contributed by atoms with Crippen LogP contribution in [0.1, 0.15) is 25.8 Å². The summed E-state index contributed by atoms with van der Waals surface area (Å²) in [4.78, 5) is 18.2. The molecule has 156 valence electrons. The van der Waals surface area contributed by atoms with Crippen molar-refractivity contribution in [3.8, 4) is 11.5 Å². The maximum absolute atomic E-state index is 12.7. The van der Waals surface area contributed by atoms with E-state index in [-0.39, 0.29) is 5.91 Å². The van der Waals surface area contributed by atoms with Gasteiger partial charge in [-0.15, -0.1) is 11.8 Å². The van der Waals surface area contributed by atoms with Crippen molar-refractivity contribution in [3.63, 3.8) is 0 Å². The molecule has 0 radical (unpaired) electrons. The molecular weight excluding hydrogens is 382 g/mol. The molecule has 2 aromatic rings. The summed E-state index contributed by atoms with van der Waals surface area (Å²) in [5, 5.41) is 3.21. The van der Waals surface area contributed by atoms with Crippen molar-refractivity contribution in [3.05, 3.63) is 48.0 Å². The molecule has 2 aromatic carbocycles. The number of hydrogen-bond donors (Lipinski definition) is 1. The van der Waals surface area contributed by atoms with Crippen LogP contribution in [-0.4, -0.2) is 49.8 Å². The molecule has 0 unspecified atom stereocenters. The van der Waals surface area contributed by atoms with Crippen LogP contribution in [-0.2, 0) is 11.3 Å². The number of anilines is 1. The number of thioether (sulfide) groups is 1. The monoisotopic (exact) mass is 413 g/mol. The average molecular weight is 414 g/mol. The van der Waals surface area contributed by atoms with Crippen LogP contribution in [0.3, 0.4) is 0 Å². The fourth-order valence-corrected chi connectivity index (χ4v) is 3.97. The van der Waals surface area contributed by atoms with E-state index in [9.17, 15) is 4.79 Å². The molecule has 6 heteroatoms. The zero-order valence-electron chi connectivity index (χ0n) is 17.8. The number of amides is 1. The molecule has 1 N–H and O–H groups in total. The Morgan fingerprint density at radius 1 is 1.10 bits per heavy atom. The number of hydrogen-bond acceptors (Lipinski definition) is 5. The second-order valence-electron chi connectivity index (χ2n) is 7.53. The zero-order valence-corrected chi connectivity index (χ0v) is 18.6. The normalized spacial score (nSPS) is 15.6. The third-order valence-electron chi connectivity index (χ3n) is 5.27. The van der Waals surface area contributed by atoms with Crippen LogP contribution in [0.4, 0.5) is 5.69 Å². The van der Waals surface area contributed by atoms with Crippen LogP contribution in [0.2, 0.25) is 0 Å². The molecule has 0 aliphatic carbocycles. The first-order chi connectivity index (χ1) is 14.0. The van der Waals surface area contributed by atoms with Crippen molar-refractivity contribution in [2.45, 2.75) is 37.8 Å². The molecule has 0 aromatic heterocycles. The first-order valence-corrected chi connectivity index (χ1v) is 11.4. The van der Waals surface area contributed by atoms with E-state index in [1.807, 2.05) is 36.2 Å². The van der Waals surface area contributed by atoms with Gasteiger partial charge >= 0.3 is 0 Å². The van der Waals surface area contributed by atoms with Crippen molar-refractivity contribution in [1.29, 1.82) is 0 Å². The van der Waals surface area contributed by atoms with Gasteiger partial charge in [-0.1, -0.05) is 0 Å². The Labute approximate surface area is 178 Å². The number of nitrogens with one attached hydrogen (secondary N) is 1. The van der Waals surface area contributed by atoms with E-state index in [4.69, 9.17) is 4.74 Å². The Kier molecular flexibility index (Phi) is 7.58. The van der Waals surface area contributed by atoms with E-state index >= 15 is 0 Å². The van der Waals surface area contributed by atoms with Crippen molar-refractivity contribution in [2.24, 2.45) is 0 Å². The molecule has 0 atom stereocenters. The van der Waals surface area contributed by atoms with Gasteiger partial charge < -0.3 is 15.0 Å². The second kappa shape index (κ2) is 10.1. The van der Waals surface area contributed by atoms with E-state index in [0.717, 1.165) is 35.8 Å². The third kappa shape index (κ3) is 5.53. The van der Waals surface area contributed by atoms with Crippen molar-refractivity contribution in [2.75, 3.05) is 37.8 Å². The molecule has 0 saturated carbocycles. The van der Waals surface area contributed by atoms with Crippen molar-refractivity contribution in [1.82, 2.24) is 10.2 Å². The van der Waals surface area contributed by atoms with Gasteiger partial charge in [-0.3, -0.25) is 9.69 Å². The predicted molar refractivity (Wildman–Crippen MR) is 121 cm³/mol. The van der Waals surface area contributed by atoms with Crippen molar-refractivity contribution < 1.29 is 9.53 Å². The fraction of sp³-hybridized carbons (Fsp3) is 0.435. The van der Waals surface area contributed by atoms with E-state index in [0.29, 0.717) is 25.6 Å². The summed E-state index contributed by atoms with van der Waals surface area (Å²) >= 11 is 1.71. The van der Waals surface area contributed by atoms with Crippen LogP contribution >= 0.6 is 11.8 Å². The predicted octanol–water partition coefficient (Wildman–Crippen LogP) is 4.37. The van der Waals surface area contributed by atoms with Gasteiger partial charge in [-0.25, -0.2) is 0 Å². The third-order valence-corrected chi connectivity index (χ3v) is 6.01. The minimum atomic E-state index is 0.185. The zero-order chi connectivity index (χ0) is 20.8. The summed E-state index contributed by atoms with van der Waals surface area (Å²) in [6.07, 6.45) is 2.61. The highest BCUT2D eigenvalue weighted by molar-refractivity contribution is 7.98. The van der Waals surface area contributed by atoms with Gasteiger partial charge in [0.1, 0.15) is 11.5 Å². The highest BCUT2D eigenvalue weighted by atomic mass is 32.2. The van der Waals surface area contributed by atoms with Crippen LogP contribution in [0, 0.1) is 0 Å². The Morgan fingerprint density at radius 2 is 1.86 bits per heavy atom. The number of carbonyl (C=O) groups is 1. The lowest BCUT2D eigenvalue weighted by atomic mass is 10.1. The summed E-state index contributed by atoms with van der Waals surface area (Å²) in [5.41, 5.74) is 1.98. The number of rotatable bonds is 7. The molecular formula is C23H31N3O2S. The van der Waals surface area contributed by atoms with Gasteiger partial charge in [0, 0.05) is 54.8 Å². The van der Waals surface area contributed by atoms with E-state index < -0.39 is 0 Å². The van der Waals surface area contributed by atoms with Crippen LogP contribution in [0.25, 0.3) is 0 Å². The quantitative estimate of drug-likeness (QED) is 0.683. The van der Waals surface area contributed by atoms with Gasteiger partial charge in [0.2, 0.25) is 5.91 Å². The molecule has 29 heavy (non-hydrogen) atoms. The molecule has 0 bridgehead atoms. The van der Waals surface area contributed by atoms with Crippen LogP contribution in [0.15, 0.2) is 47.4 Å². The largest absolute Gasteiger partial charge is 0.457 e. The summed E-state index contributed by atoms with van der Waals surface area (Å²) in [5.74, 6) is 1.81. The SMILES string of the molecule is CNCc1cc(N2CCN(C(C)C)CCC2=O)ccc1Oc1ccc(SC)cc1. The maximum atomic E-state index is 12.7. The molecule has 1 amide bonds. The number of carbonyl (C=O) groups excluding carboxylic acids is 1. The van der Waals surface area contributed by atoms with Gasteiger partial charge in [0.05, 0.1) is 0 Å². The highest BCUT2D eigenvalue weighted by Gasteiger charge is 2.24. The van der Waals surface area contributed by atoms with Gasteiger partial charge in [-0.05, 0) is 69.6 Å². The average Bonchev–Trinajstić information content (AvgIpc) is 2.92. The number of nitrogens with zero attached hydrogens (tertiary/aromatic N) is 2. The molecule has 1 aliphatic rings. The van der Waals surface area contributed by atoms with Gasteiger partial charge in [0.25, 0.3) is 0 Å². The Morgan fingerprint density at radius 3 is 2.52 bits per heavy atom. The standard InChI is InChI=1S/C23H31N3O2S/c1-17(2)25-12-11-23(27)26(14-13-25)19-5-10-22(18(15-19)16-24-3)28-20-6-8-21(29-4)9-7-20/h5-10,15,17,24H,11-14,16H2,1-4H3. The minimum absolute atomic E-state index is 0.185. The summed E-state index contributed by atoms with van der Waals surface area (Å²) in [7, 11) is 1.92. The second-order valence-corrected chi connectivity index (χ2v) is 8.40. The molecule has 5 nitrogen and oxygen atoms in total. The van der Waals surface area contributed by atoms with Gasteiger partial charge in [0.15, 0.2) is 0 Å². The fourth-order valence-electron chi connectivity index (χ4n) is 3.56. The van der Waals surface area contributed by atoms with Crippen LogP contribution in [0.5, 0.6) is 11.5 Å². The lowest BCUT2D eigenvalue weighted by molar-refractivity contribution is -0.118. The first kappa shape index (κ1) is 21.7. The van der Waals surface area contributed by atoms with Gasteiger partial charge in [-0.2, -0.15) is 0 Å². The molecule has 1 saturated heterocycles. The topological polar surface area (TPSA) is 44.8 Å². The molecule has 1 heterocycles. The Bertz CT molecular complexity index is 823. The Hall–Kier alpha value is -2.02. The lowest BCUT2D eigenvalue weighted by Gasteiger charge is -2.25. The summed E-state index contributed by atoms with van der Waals surface area (Å²) < 4.78 is 6.14. The summed E-state index contributed by atoms with van der Waals surface area (Å²) in [6.45, 7) is 7.47. The number of ether oxygens (including phenoxy) is 1. The maximum Gasteiger partial charge on any atom is 0.228 e. The number of benzene rings is 2. The van der Waals surface area contributed by atoms with Crippen molar-refractivity contribution >= 4 is 23.4 Å².